The van der Waals surface area contributed by atoms with Crippen molar-refractivity contribution in [2.75, 3.05) is 24.3 Å². The van der Waals surface area contributed by atoms with E-state index in [4.69, 9.17) is 4.74 Å². The Kier molecular flexibility index (Phi) is 4.82. The molecule has 0 saturated heterocycles. The van der Waals surface area contributed by atoms with E-state index >= 15 is 0 Å². The predicted molar refractivity (Wildman–Crippen MR) is 104 cm³/mol. The van der Waals surface area contributed by atoms with E-state index in [0.717, 1.165) is 24.4 Å². The minimum Gasteiger partial charge on any atom is -0.461 e. The first-order valence-corrected chi connectivity index (χ1v) is 9.70. The van der Waals surface area contributed by atoms with Gasteiger partial charge in [0.05, 0.1) is 18.5 Å². The van der Waals surface area contributed by atoms with Gasteiger partial charge in [-0.05, 0) is 31.3 Å². The van der Waals surface area contributed by atoms with Gasteiger partial charge in [0.2, 0.25) is 0 Å². The molecule has 3 aromatic rings. The van der Waals surface area contributed by atoms with Crippen LogP contribution in [0, 0.1) is 0 Å². The van der Waals surface area contributed by atoms with Crippen LogP contribution in [0.3, 0.4) is 0 Å². The first-order chi connectivity index (χ1) is 13.6. The molecule has 1 amide bonds. The standard InChI is InChI=1S/C17H19N7O3S/c1-3-27-17(26)14-11(8-28-23-14)21-12-6-13(18-2)24-15(22-12)10(7-19-24)16(25)20-9-4-5-9/h6-9,18H,3-5H2,1-2H3,(H,20,25)(H,21,22). The van der Waals surface area contributed by atoms with Crippen molar-refractivity contribution in [3.63, 3.8) is 0 Å². The summed E-state index contributed by atoms with van der Waals surface area (Å²) in [5.41, 5.74) is 1.49. The number of nitrogens with one attached hydrogen (secondary N) is 3. The summed E-state index contributed by atoms with van der Waals surface area (Å²) in [7, 11) is 1.75. The third-order valence-electron chi connectivity index (χ3n) is 4.19. The van der Waals surface area contributed by atoms with Gasteiger partial charge in [0.15, 0.2) is 11.3 Å². The number of hydrogen-bond donors (Lipinski definition) is 3. The number of carbonyl (C=O) groups excluding carboxylic acids is 2. The van der Waals surface area contributed by atoms with E-state index < -0.39 is 5.97 Å². The molecule has 4 rings (SSSR count). The molecule has 0 bridgehead atoms. The summed E-state index contributed by atoms with van der Waals surface area (Å²) in [5, 5.41) is 15.0. The first-order valence-electron chi connectivity index (χ1n) is 8.86. The van der Waals surface area contributed by atoms with Crippen molar-refractivity contribution in [2.24, 2.45) is 0 Å². The maximum atomic E-state index is 12.5. The van der Waals surface area contributed by atoms with Crippen molar-refractivity contribution in [2.45, 2.75) is 25.8 Å². The zero-order valence-corrected chi connectivity index (χ0v) is 16.2. The quantitative estimate of drug-likeness (QED) is 0.514. The van der Waals surface area contributed by atoms with Crippen molar-refractivity contribution < 1.29 is 14.3 Å². The Balaban J connectivity index is 1.69. The molecule has 0 unspecified atom stereocenters. The molecule has 28 heavy (non-hydrogen) atoms. The molecule has 0 spiro atoms. The summed E-state index contributed by atoms with van der Waals surface area (Å²) in [6, 6.07) is 1.96. The lowest BCUT2D eigenvalue weighted by atomic mass is 10.3. The average Bonchev–Trinajstić information content (AvgIpc) is 3.20. The summed E-state index contributed by atoms with van der Waals surface area (Å²) in [6.45, 7) is 2.00. The van der Waals surface area contributed by atoms with Crippen LogP contribution in [0.4, 0.5) is 17.3 Å². The Morgan fingerprint density at radius 1 is 1.39 bits per heavy atom. The molecule has 0 aliphatic heterocycles. The van der Waals surface area contributed by atoms with E-state index in [1.54, 1.807) is 29.9 Å². The second-order valence-corrected chi connectivity index (χ2v) is 6.87. The summed E-state index contributed by atoms with van der Waals surface area (Å²) in [6.07, 6.45) is 3.49. The van der Waals surface area contributed by atoms with Crippen molar-refractivity contribution in [3.05, 3.63) is 28.9 Å². The topological polar surface area (TPSA) is 123 Å². The van der Waals surface area contributed by atoms with Gasteiger partial charge >= 0.3 is 5.97 Å². The number of carbonyl (C=O) groups is 2. The number of amides is 1. The lowest BCUT2D eigenvalue weighted by Gasteiger charge is -2.10. The first kappa shape index (κ1) is 18.2. The number of fused-ring (bicyclic) bond motifs is 1. The summed E-state index contributed by atoms with van der Waals surface area (Å²) in [5.74, 6) is 0.381. The van der Waals surface area contributed by atoms with Crippen LogP contribution in [0.1, 0.15) is 40.6 Å². The zero-order chi connectivity index (χ0) is 19.7. The number of esters is 1. The SMILES string of the molecule is CCOC(=O)c1nscc1Nc1cc(NC)n2ncc(C(=O)NC3CC3)c2n1. The van der Waals surface area contributed by atoms with Crippen LogP contribution >= 0.6 is 11.5 Å². The lowest BCUT2D eigenvalue weighted by molar-refractivity contribution is 0.0522. The highest BCUT2D eigenvalue weighted by atomic mass is 32.1. The molecule has 3 heterocycles. The van der Waals surface area contributed by atoms with Gasteiger partial charge in [-0.3, -0.25) is 4.79 Å². The molecule has 0 radical (unpaired) electrons. The number of nitrogens with zero attached hydrogens (tertiary/aromatic N) is 4. The zero-order valence-electron chi connectivity index (χ0n) is 15.4. The monoisotopic (exact) mass is 401 g/mol. The van der Waals surface area contributed by atoms with Gasteiger partial charge < -0.3 is 20.7 Å². The van der Waals surface area contributed by atoms with Crippen LogP contribution in [0.2, 0.25) is 0 Å². The Hall–Kier alpha value is -3.21. The van der Waals surface area contributed by atoms with Crippen molar-refractivity contribution >= 4 is 46.4 Å². The highest BCUT2D eigenvalue weighted by Crippen LogP contribution is 2.26. The summed E-state index contributed by atoms with van der Waals surface area (Å²) < 4.78 is 10.7. The Morgan fingerprint density at radius 2 is 2.21 bits per heavy atom. The van der Waals surface area contributed by atoms with E-state index in [1.165, 1.54) is 6.20 Å². The molecule has 146 valence electrons. The third kappa shape index (κ3) is 3.48. The maximum absolute atomic E-state index is 12.5. The number of aromatic nitrogens is 4. The van der Waals surface area contributed by atoms with Gasteiger partial charge in [0, 0.05) is 24.5 Å². The van der Waals surface area contributed by atoms with E-state index in [-0.39, 0.29) is 24.2 Å². The van der Waals surface area contributed by atoms with Gasteiger partial charge in [-0.1, -0.05) is 0 Å². The molecule has 1 saturated carbocycles. The minimum atomic E-state index is -0.505. The Labute approximate surface area is 164 Å². The van der Waals surface area contributed by atoms with E-state index in [2.05, 4.69) is 30.4 Å². The smallest absolute Gasteiger partial charge is 0.360 e. The molecule has 11 heteroatoms. The fourth-order valence-corrected chi connectivity index (χ4v) is 3.27. The van der Waals surface area contributed by atoms with Gasteiger partial charge in [0.1, 0.15) is 17.2 Å². The normalized spacial score (nSPS) is 13.4. The largest absolute Gasteiger partial charge is 0.461 e. The fraction of sp³-hybridized carbons (Fsp3) is 0.353. The predicted octanol–water partition coefficient (Wildman–Crippen LogP) is 2.04. The highest BCUT2D eigenvalue weighted by Gasteiger charge is 2.26. The number of hydrogen-bond acceptors (Lipinski definition) is 9. The molecule has 1 fully saturated rings. The Bertz CT molecular complexity index is 1040. The van der Waals surface area contributed by atoms with Crippen LogP contribution in [-0.4, -0.2) is 50.5 Å². The molecular formula is C17H19N7O3S. The minimum absolute atomic E-state index is 0.194. The van der Waals surface area contributed by atoms with Crippen LogP contribution < -0.4 is 16.0 Å². The van der Waals surface area contributed by atoms with Crippen molar-refractivity contribution in [1.29, 1.82) is 0 Å². The van der Waals surface area contributed by atoms with Crippen LogP contribution in [0.15, 0.2) is 17.6 Å². The van der Waals surface area contributed by atoms with Crippen LogP contribution in [0.25, 0.3) is 5.65 Å². The van der Waals surface area contributed by atoms with Gasteiger partial charge in [0.25, 0.3) is 5.91 Å². The number of anilines is 3. The maximum Gasteiger partial charge on any atom is 0.360 e. The second-order valence-electron chi connectivity index (χ2n) is 6.24. The van der Waals surface area contributed by atoms with E-state index in [1.807, 2.05) is 0 Å². The van der Waals surface area contributed by atoms with E-state index in [0.29, 0.717) is 28.5 Å². The van der Waals surface area contributed by atoms with Crippen molar-refractivity contribution in [3.8, 4) is 0 Å². The lowest BCUT2D eigenvalue weighted by Crippen LogP contribution is -2.25. The molecular weight excluding hydrogens is 382 g/mol. The number of ether oxygens (including phenoxy) is 1. The number of rotatable bonds is 7. The van der Waals surface area contributed by atoms with Gasteiger partial charge in [-0.25, -0.2) is 9.78 Å². The molecule has 3 aromatic heterocycles. The molecule has 0 aromatic carbocycles. The van der Waals surface area contributed by atoms with Gasteiger partial charge in [-0.2, -0.15) is 14.0 Å². The molecule has 0 atom stereocenters. The summed E-state index contributed by atoms with van der Waals surface area (Å²) >= 11 is 1.14. The molecule has 1 aliphatic carbocycles. The van der Waals surface area contributed by atoms with Crippen molar-refractivity contribution in [1.82, 2.24) is 24.3 Å². The average molecular weight is 401 g/mol. The van der Waals surface area contributed by atoms with E-state index in [9.17, 15) is 9.59 Å². The van der Waals surface area contributed by atoms with Gasteiger partial charge in [-0.15, -0.1) is 0 Å². The molecule has 10 nitrogen and oxygen atoms in total. The summed E-state index contributed by atoms with van der Waals surface area (Å²) in [4.78, 5) is 29.1. The third-order valence-corrected chi connectivity index (χ3v) is 4.82. The molecule has 3 N–H and O–H groups in total. The highest BCUT2D eigenvalue weighted by molar-refractivity contribution is 7.04. The van der Waals surface area contributed by atoms with Crippen LogP contribution in [-0.2, 0) is 4.74 Å². The fourth-order valence-electron chi connectivity index (χ4n) is 2.67. The second kappa shape index (κ2) is 7.43. The Morgan fingerprint density at radius 3 is 2.93 bits per heavy atom. The van der Waals surface area contributed by atoms with Crippen LogP contribution in [0.5, 0.6) is 0 Å². The molecule has 1 aliphatic rings.